The van der Waals surface area contributed by atoms with Crippen LogP contribution in [-0.2, 0) is 0 Å². The molecule has 0 spiro atoms. The summed E-state index contributed by atoms with van der Waals surface area (Å²) in [7, 11) is 0. The van der Waals surface area contributed by atoms with E-state index in [4.69, 9.17) is 0 Å². The van der Waals surface area contributed by atoms with Crippen LogP contribution in [0.3, 0.4) is 0 Å². The van der Waals surface area contributed by atoms with Crippen molar-refractivity contribution in [3.63, 3.8) is 0 Å². The van der Waals surface area contributed by atoms with Gasteiger partial charge in [-0.2, -0.15) is 0 Å². The molecule has 1 rings (SSSR count). The first-order valence-electron chi connectivity index (χ1n) is 5.95. The molecule has 0 saturated carbocycles. The SMILES string of the molecule is Br.Br.C=Cn1ccnc1.CCCCCCCC. The average molecular weight is 370 g/mol. The molecule has 1 aromatic heterocycles. The molecule has 1 heterocycles. The lowest BCUT2D eigenvalue weighted by Crippen LogP contribution is -1.73. The van der Waals surface area contributed by atoms with Gasteiger partial charge in [0.25, 0.3) is 0 Å². The molecule has 0 aromatic carbocycles. The number of rotatable bonds is 6. The predicted molar refractivity (Wildman–Crippen MR) is 88.3 cm³/mol. The number of imidazole rings is 1. The number of hydrogen-bond acceptors (Lipinski definition) is 1. The van der Waals surface area contributed by atoms with Gasteiger partial charge in [-0.05, 0) is 0 Å². The Morgan fingerprint density at radius 2 is 1.59 bits per heavy atom. The minimum atomic E-state index is 0. The molecule has 0 aliphatic rings. The van der Waals surface area contributed by atoms with Crippen molar-refractivity contribution in [2.45, 2.75) is 52.4 Å². The first-order chi connectivity index (χ1) is 7.35. The summed E-state index contributed by atoms with van der Waals surface area (Å²) in [5, 5.41) is 0. The number of halogens is 2. The summed E-state index contributed by atoms with van der Waals surface area (Å²) in [6.07, 6.45) is 15.4. The van der Waals surface area contributed by atoms with Crippen molar-refractivity contribution in [3.05, 3.63) is 25.3 Å². The second-order valence-electron chi connectivity index (χ2n) is 3.61. The van der Waals surface area contributed by atoms with Crippen LogP contribution in [0.1, 0.15) is 52.4 Å². The number of hydrogen-bond donors (Lipinski definition) is 0. The molecule has 102 valence electrons. The maximum Gasteiger partial charge on any atom is 0.0986 e. The first kappa shape index (κ1) is 22.1. The van der Waals surface area contributed by atoms with Gasteiger partial charge < -0.3 is 4.57 Å². The van der Waals surface area contributed by atoms with E-state index in [9.17, 15) is 0 Å². The average Bonchev–Trinajstić information content (AvgIpc) is 2.78. The minimum Gasteiger partial charge on any atom is -0.314 e. The topological polar surface area (TPSA) is 17.8 Å². The van der Waals surface area contributed by atoms with Crippen molar-refractivity contribution in [3.8, 4) is 0 Å². The second kappa shape index (κ2) is 18.3. The van der Waals surface area contributed by atoms with Gasteiger partial charge in [-0.25, -0.2) is 4.98 Å². The van der Waals surface area contributed by atoms with Crippen LogP contribution in [-0.4, -0.2) is 9.55 Å². The summed E-state index contributed by atoms with van der Waals surface area (Å²) < 4.78 is 1.78. The van der Waals surface area contributed by atoms with Crippen LogP contribution >= 0.6 is 34.0 Å². The third-order valence-electron chi connectivity index (χ3n) is 2.19. The maximum atomic E-state index is 3.78. The van der Waals surface area contributed by atoms with Gasteiger partial charge in [-0.3, -0.25) is 0 Å². The third-order valence-corrected chi connectivity index (χ3v) is 2.19. The molecule has 0 aliphatic carbocycles. The molecular formula is C13H26Br2N2. The minimum absolute atomic E-state index is 0. The zero-order chi connectivity index (χ0) is 11.4. The van der Waals surface area contributed by atoms with E-state index in [1.807, 2.05) is 6.20 Å². The van der Waals surface area contributed by atoms with Crippen LogP contribution in [0.25, 0.3) is 6.20 Å². The van der Waals surface area contributed by atoms with E-state index in [-0.39, 0.29) is 34.0 Å². The van der Waals surface area contributed by atoms with Gasteiger partial charge in [0, 0.05) is 18.6 Å². The smallest absolute Gasteiger partial charge is 0.0986 e. The van der Waals surface area contributed by atoms with E-state index < -0.39 is 0 Å². The van der Waals surface area contributed by atoms with E-state index in [0.29, 0.717) is 0 Å². The van der Waals surface area contributed by atoms with Gasteiger partial charge >= 0.3 is 0 Å². The molecule has 2 nitrogen and oxygen atoms in total. The van der Waals surface area contributed by atoms with Crippen LogP contribution < -0.4 is 0 Å². The molecular weight excluding hydrogens is 344 g/mol. The van der Waals surface area contributed by atoms with E-state index in [0.717, 1.165) is 0 Å². The Bertz CT molecular complexity index is 217. The van der Waals surface area contributed by atoms with Crippen molar-refractivity contribution < 1.29 is 0 Å². The molecule has 17 heavy (non-hydrogen) atoms. The largest absolute Gasteiger partial charge is 0.314 e. The lowest BCUT2D eigenvalue weighted by atomic mass is 10.1. The second-order valence-corrected chi connectivity index (χ2v) is 3.61. The molecule has 0 amide bonds. The fourth-order valence-electron chi connectivity index (χ4n) is 1.23. The van der Waals surface area contributed by atoms with Gasteiger partial charge in [0.1, 0.15) is 0 Å². The first-order valence-corrected chi connectivity index (χ1v) is 5.95. The standard InChI is InChI=1S/C8H18.C5H6N2.2BrH/c1-3-5-7-8-6-4-2;1-2-7-4-3-6-5-7;;/h3-8H2,1-2H3;2-5H,1H2;2*1H. The molecule has 4 heteroatoms. The highest BCUT2D eigenvalue weighted by Gasteiger charge is 1.83. The molecule has 0 unspecified atom stereocenters. The molecule has 0 aliphatic heterocycles. The number of aromatic nitrogens is 2. The normalized spacial score (nSPS) is 8.12. The highest BCUT2D eigenvalue weighted by Crippen LogP contribution is 2.03. The Labute approximate surface area is 127 Å². The predicted octanol–water partition coefficient (Wildman–Crippen LogP) is 5.51. The van der Waals surface area contributed by atoms with Gasteiger partial charge in [-0.1, -0.05) is 59.0 Å². The van der Waals surface area contributed by atoms with Gasteiger partial charge in [-0.15, -0.1) is 34.0 Å². The van der Waals surface area contributed by atoms with Crippen LogP contribution in [0.2, 0.25) is 0 Å². The Balaban J connectivity index is -0.000000207. The van der Waals surface area contributed by atoms with E-state index in [2.05, 4.69) is 25.4 Å². The van der Waals surface area contributed by atoms with Crippen molar-refractivity contribution in [1.82, 2.24) is 9.55 Å². The van der Waals surface area contributed by atoms with Crippen molar-refractivity contribution >= 4 is 40.2 Å². The summed E-state index contributed by atoms with van der Waals surface area (Å²) in [6.45, 7) is 8.04. The molecule has 0 fully saturated rings. The van der Waals surface area contributed by atoms with E-state index in [1.165, 1.54) is 38.5 Å². The molecule has 0 radical (unpaired) electrons. The lowest BCUT2D eigenvalue weighted by Gasteiger charge is -1.93. The third kappa shape index (κ3) is 15.9. The van der Waals surface area contributed by atoms with Crippen LogP contribution in [0.4, 0.5) is 0 Å². The molecule has 0 N–H and O–H groups in total. The van der Waals surface area contributed by atoms with Crippen LogP contribution in [0.15, 0.2) is 25.3 Å². The monoisotopic (exact) mass is 368 g/mol. The van der Waals surface area contributed by atoms with Gasteiger partial charge in [0.15, 0.2) is 0 Å². The number of unbranched alkanes of at least 4 members (excludes halogenated alkanes) is 5. The molecule has 0 atom stereocenters. The number of nitrogens with zero attached hydrogens (tertiary/aromatic N) is 2. The Hall–Kier alpha value is -0.0900. The summed E-state index contributed by atoms with van der Waals surface area (Å²) in [5.74, 6) is 0. The maximum absolute atomic E-state index is 3.78. The zero-order valence-electron chi connectivity index (χ0n) is 11.0. The lowest BCUT2D eigenvalue weighted by molar-refractivity contribution is 0.624. The van der Waals surface area contributed by atoms with Crippen molar-refractivity contribution in [2.24, 2.45) is 0 Å². The highest BCUT2D eigenvalue weighted by atomic mass is 79.9. The summed E-state index contributed by atoms with van der Waals surface area (Å²) in [6, 6.07) is 0. The van der Waals surface area contributed by atoms with Crippen molar-refractivity contribution in [1.29, 1.82) is 0 Å². The summed E-state index contributed by atoms with van der Waals surface area (Å²) in [5.41, 5.74) is 0. The quantitative estimate of drug-likeness (QED) is 0.604. The van der Waals surface area contributed by atoms with E-state index in [1.54, 1.807) is 23.3 Å². The molecule has 1 aromatic rings. The Morgan fingerprint density at radius 1 is 1.06 bits per heavy atom. The van der Waals surface area contributed by atoms with Gasteiger partial charge in [0.05, 0.1) is 6.33 Å². The summed E-state index contributed by atoms with van der Waals surface area (Å²) in [4.78, 5) is 3.78. The van der Waals surface area contributed by atoms with Gasteiger partial charge in [0.2, 0.25) is 0 Å². The highest BCUT2D eigenvalue weighted by molar-refractivity contribution is 8.93. The van der Waals surface area contributed by atoms with Crippen LogP contribution in [0, 0.1) is 0 Å². The fourth-order valence-corrected chi connectivity index (χ4v) is 1.23. The van der Waals surface area contributed by atoms with E-state index >= 15 is 0 Å². The Kier molecular flexibility index (Phi) is 23.8. The molecule has 0 saturated heterocycles. The fraction of sp³-hybridized carbons (Fsp3) is 0.615. The molecule has 0 bridgehead atoms. The zero-order valence-corrected chi connectivity index (χ0v) is 14.4. The summed E-state index contributed by atoms with van der Waals surface area (Å²) >= 11 is 0. The van der Waals surface area contributed by atoms with Crippen LogP contribution in [0.5, 0.6) is 0 Å². The Morgan fingerprint density at radius 3 is 1.82 bits per heavy atom. The van der Waals surface area contributed by atoms with Crippen molar-refractivity contribution in [2.75, 3.05) is 0 Å².